The third-order valence-electron chi connectivity index (χ3n) is 4.34. The summed E-state index contributed by atoms with van der Waals surface area (Å²) in [5.41, 5.74) is -2.30. The maximum Gasteiger partial charge on any atom is 0.530 e. The Bertz CT molecular complexity index is 1220. The Kier molecular flexibility index (Phi) is 4.52. The molecule has 1 aromatic carbocycles. The summed E-state index contributed by atoms with van der Waals surface area (Å²) >= 11 is 0. The third kappa shape index (κ3) is 3.60. The fourth-order valence-electron chi connectivity index (χ4n) is 2.82. The van der Waals surface area contributed by atoms with E-state index in [9.17, 15) is 28.8 Å². The summed E-state index contributed by atoms with van der Waals surface area (Å²) in [6, 6.07) is 6.10. The molecule has 2 aliphatic rings. The van der Waals surface area contributed by atoms with Gasteiger partial charge in [-0.15, -0.1) is 0 Å². The molecule has 1 saturated heterocycles. The maximum atomic E-state index is 15.6. The average Bonchev–Trinajstić information content (AvgIpc) is 2.95. The highest BCUT2D eigenvalue weighted by Gasteiger charge is 2.57. The van der Waals surface area contributed by atoms with Crippen molar-refractivity contribution in [2.45, 2.75) is 30.9 Å². The molecule has 5 atom stereocenters. The summed E-state index contributed by atoms with van der Waals surface area (Å²) < 4.78 is 77.2. The number of aromatic nitrogens is 2. The lowest BCUT2D eigenvalue weighted by Gasteiger charge is -2.28. The van der Waals surface area contributed by atoms with Crippen molar-refractivity contribution in [1.82, 2.24) is 9.55 Å². The molecule has 0 saturated carbocycles. The Morgan fingerprint density at radius 3 is 2.90 bits per heavy atom. The van der Waals surface area contributed by atoms with Crippen LogP contribution in [-0.2, 0) is 25.0 Å². The van der Waals surface area contributed by atoms with Gasteiger partial charge in [-0.2, -0.15) is 4.39 Å². The average molecular weight is 450 g/mol. The van der Waals surface area contributed by atoms with Crippen molar-refractivity contribution in [2.24, 2.45) is 0 Å². The standard InChI is InChI=1S/C16H15F2N2O9P/c17-9-5-20(15(24)19-13(9)23)14-11(21)12(22)16(18,28-14)7-27-30(25)26-6-8-3-1-2-4-10(8)29-30/h1-5,11-12,14,21-22H,6-7H2,(H,19,23,24)/t11-,12+,14-,16-,30?/m1/s1/i7D2. The second kappa shape index (κ2) is 7.38. The molecule has 14 heteroatoms. The molecule has 4 rings (SSSR count). The number of rotatable bonds is 4. The maximum absolute atomic E-state index is 15.6. The van der Waals surface area contributed by atoms with Gasteiger partial charge in [0.15, 0.2) is 6.23 Å². The molecule has 0 bridgehead atoms. The van der Waals surface area contributed by atoms with Gasteiger partial charge in [0, 0.05) is 5.56 Å². The van der Waals surface area contributed by atoms with E-state index in [0.717, 1.165) is 0 Å². The van der Waals surface area contributed by atoms with Gasteiger partial charge in [0.25, 0.3) is 11.4 Å². The number of H-pyrrole nitrogens is 1. The molecule has 3 heterocycles. The van der Waals surface area contributed by atoms with Crippen molar-refractivity contribution in [3.63, 3.8) is 0 Å². The van der Waals surface area contributed by atoms with E-state index < -0.39 is 55.7 Å². The number of fused-ring (bicyclic) bond motifs is 1. The normalized spacial score (nSPS) is 34.6. The van der Waals surface area contributed by atoms with Crippen LogP contribution in [0.2, 0.25) is 0 Å². The fraction of sp³-hybridized carbons (Fsp3) is 0.375. The zero-order chi connectivity index (χ0) is 23.5. The summed E-state index contributed by atoms with van der Waals surface area (Å²) in [5.74, 6) is -5.42. The van der Waals surface area contributed by atoms with Crippen LogP contribution in [0.25, 0.3) is 0 Å². The van der Waals surface area contributed by atoms with Gasteiger partial charge in [-0.1, -0.05) is 18.2 Å². The highest BCUT2D eigenvalue weighted by atomic mass is 31.2. The Balaban J connectivity index is 1.63. The van der Waals surface area contributed by atoms with E-state index >= 15 is 4.39 Å². The lowest BCUT2D eigenvalue weighted by Crippen LogP contribution is -2.43. The van der Waals surface area contributed by atoms with E-state index in [1.54, 1.807) is 12.1 Å². The second-order valence-corrected chi connectivity index (χ2v) is 7.86. The summed E-state index contributed by atoms with van der Waals surface area (Å²) in [7, 11) is -4.79. The van der Waals surface area contributed by atoms with Crippen LogP contribution in [0.15, 0.2) is 40.1 Å². The largest absolute Gasteiger partial charge is 0.530 e. The highest BCUT2D eigenvalue weighted by Crippen LogP contribution is 2.55. The van der Waals surface area contributed by atoms with Gasteiger partial charge >= 0.3 is 13.5 Å². The van der Waals surface area contributed by atoms with Crippen LogP contribution in [0.1, 0.15) is 14.5 Å². The molecular weight excluding hydrogens is 433 g/mol. The minimum absolute atomic E-state index is 0.0202. The molecule has 1 fully saturated rings. The van der Waals surface area contributed by atoms with E-state index in [2.05, 4.69) is 4.52 Å². The number of para-hydroxylation sites is 1. The van der Waals surface area contributed by atoms with Gasteiger partial charge in [-0.25, -0.2) is 13.8 Å². The molecule has 162 valence electrons. The van der Waals surface area contributed by atoms with Crippen molar-refractivity contribution < 1.29 is 44.6 Å². The van der Waals surface area contributed by atoms with Crippen LogP contribution in [0.3, 0.4) is 0 Å². The molecule has 1 aromatic heterocycles. The number of phosphoric ester groups is 1. The van der Waals surface area contributed by atoms with Crippen LogP contribution in [0, 0.1) is 5.82 Å². The quantitative estimate of drug-likeness (QED) is 0.560. The number of halogens is 2. The van der Waals surface area contributed by atoms with Gasteiger partial charge in [0.05, 0.1) is 15.5 Å². The monoisotopic (exact) mass is 450 g/mol. The first kappa shape index (κ1) is 18.4. The predicted molar refractivity (Wildman–Crippen MR) is 92.7 cm³/mol. The Morgan fingerprint density at radius 2 is 2.13 bits per heavy atom. The lowest BCUT2D eigenvalue weighted by molar-refractivity contribution is -0.205. The highest BCUT2D eigenvalue weighted by molar-refractivity contribution is 7.49. The van der Waals surface area contributed by atoms with Gasteiger partial charge in [-0.3, -0.25) is 23.4 Å². The summed E-state index contributed by atoms with van der Waals surface area (Å²) in [4.78, 5) is 24.6. The SMILES string of the molecule is [2H]C([2H])(OP1(=O)OCc2ccccc2O1)[C@@]1(F)O[C@@H](n2cc(F)c(=O)[nH]c2=O)[C@H](O)[C@@H]1O. The van der Waals surface area contributed by atoms with Crippen LogP contribution < -0.4 is 15.8 Å². The van der Waals surface area contributed by atoms with Crippen molar-refractivity contribution in [3.05, 3.63) is 62.7 Å². The predicted octanol–water partition coefficient (Wildman–Crippen LogP) is 0.326. The van der Waals surface area contributed by atoms with Crippen LogP contribution >= 0.6 is 7.82 Å². The fourth-order valence-corrected chi connectivity index (χ4v) is 3.91. The van der Waals surface area contributed by atoms with Gasteiger partial charge in [0.1, 0.15) is 24.5 Å². The number of phosphoric acid groups is 1. The van der Waals surface area contributed by atoms with E-state index in [1.807, 2.05) is 0 Å². The van der Waals surface area contributed by atoms with Crippen molar-refractivity contribution >= 4 is 7.82 Å². The number of nitrogens with one attached hydrogen (secondary N) is 1. The summed E-state index contributed by atoms with van der Waals surface area (Å²) in [6.07, 6.45) is -6.97. The molecule has 3 N–H and O–H groups in total. The zero-order valence-electron chi connectivity index (χ0n) is 16.7. The molecule has 0 amide bonds. The molecule has 0 radical (unpaired) electrons. The first-order chi connectivity index (χ1) is 14.9. The van der Waals surface area contributed by atoms with Crippen LogP contribution in [0.5, 0.6) is 5.75 Å². The Morgan fingerprint density at radius 1 is 1.40 bits per heavy atom. The number of hydrogen-bond acceptors (Lipinski definition) is 9. The first-order valence-corrected chi connectivity index (χ1v) is 9.80. The Labute approximate surface area is 168 Å². The Hall–Kier alpha value is -2.41. The van der Waals surface area contributed by atoms with Crippen molar-refractivity contribution in [1.29, 1.82) is 0 Å². The number of aromatic amines is 1. The number of aliphatic hydroxyl groups is 2. The molecule has 2 aliphatic heterocycles. The number of nitrogens with zero attached hydrogens (tertiary/aromatic N) is 1. The molecule has 1 unspecified atom stereocenters. The number of benzene rings is 1. The lowest BCUT2D eigenvalue weighted by atomic mass is 10.1. The molecule has 2 aromatic rings. The minimum Gasteiger partial charge on any atom is -0.404 e. The molecular formula is C16H15F2N2O9P. The first-order valence-electron chi connectivity index (χ1n) is 9.33. The summed E-state index contributed by atoms with van der Waals surface area (Å²) in [6.45, 7) is -4.11. The number of ether oxygens (including phenoxy) is 1. The van der Waals surface area contributed by atoms with Crippen molar-refractivity contribution in [2.75, 3.05) is 6.56 Å². The van der Waals surface area contributed by atoms with E-state index in [1.165, 1.54) is 17.1 Å². The zero-order valence-corrected chi connectivity index (χ0v) is 15.6. The number of alkyl halides is 1. The topological polar surface area (TPSA) is 149 Å². The smallest absolute Gasteiger partial charge is 0.404 e. The van der Waals surface area contributed by atoms with E-state index in [4.69, 9.17) is 16.5 Å². The number of hydrogen-bond donors (Lipinski definition) is 3. The molecule has 0 spiro atoms. The number of aliphatic hydroxyl groups excluding tert-OH is 2. The third-order valence-corrected chi connectivity index (χ3v) is 5.52. The van der Waals surface area contributed by atoms with Gasteiger partial charge in [0.2, 0.25) is 5.82 Å². The molecule has 0 aliphatic carbocycles. The van der Waals surface area contributed by atoms with Crippen molar-refractivity contribution in [3.8, 4) is 5.75 Å². The van der Waals surface area contributed by atoms with Crippen LogP contribution in [0.4, 0.5) is 8.78 Å². The van der Waals surface area contributed by atoms with Gasteiger partial charge in [-0.05, 0) is 6.07 Å². The van der Waals surface area contributed by atoms with E-state index in [-0.39, 0.29) is 23.1 Å². The summed E-state index contributed by atoms with van der Waals surface area (Å²) in [5, 5.41) is 20.3. The van der Waals surface area contributed by atoms with Gasteiger partial charge < -0.3 is 19.5 Å². The molecule has 30 heavy (non-hydrogen) atoms. The molecule has 11 nitrogen and oxygen atoms in total. The van der Waals surface area contributed by atoms with Crippen LogP contribution in [-0.4, -0.2) is 44.4 Å². The second-order valence-electron chi connectivity index (χ2n) is 6.35. The van der Waals surface area contributed by atoms with E-state index in [0.29, 0.717) is 5.56 Å². The minimum atomic E-state index is -4.79.